The fraction of sp³-hybridized carbons (Fsp3) is 0.364. The minimum atomic E-state index is -0.268. The van der Waals surface area contributed by atoms with Gasteiger partial charge in [-0.05, 0) is 88.6 Å². The quantitative estimate of drug-likeness (QED) is 0.288. The Bertz CT molecular complexity index is 1900. The van der Waals surface area contributed by atoms with E-state index in [2.05, 4.69) is 76.2 Å². The van der Waals surface area contributed by atoms with Crippen LogP contribution in [0.2, 0.25) is 0 Å². The Labute approximate surface area is 250 Å². The predicted molar refractivity (Wildman–Crippen MR) is 169 cm³/mol. The van der Waals surface area contributed by atoms with E-state index in [0.717, 1.165) is 63.1 Å². The standard InChI is InChI=1S/C33H37N7O3/c1-18(2)40-30-12-24(10-26(28(30)14-37-40)32(41)34-13-27-19(3)9-20(4)38-33(27)42)23-7-8-25-29(11-23)35-17-36-31(25)39-15-21(5)43-22(6)16-39/h7-12,14,17-18,21-22H,13,15-16H2,1-6H3,(H,34,41)(H,38,42)/t21-,22+. The zero-order chi connectivity index (χ0) is 30.4. The first-order chi connectivity index (χ1) is 20.6. The van der Waals surface area contributed by atoms with E-state index in [0.29, 0.717) is 11.1 Å². The van der Waals surface area contributed by atoms with Crippen LogP contribution < -0.4 is 15.8 Å². The third-order valence-electron chi connectivity index (χ3n) is 8.04. The van der Waals surface area contributed by atoms with Crippen LogP contribution in [-0.4, -0.2) is 55.9 Å². The van der Waals surface area contributed by atoms with E-state index in [9.17, 15) is 9.59 Å². The largest absolute Gasteiger partial charge is 0.372 e. The third-order valence-corrected chi connectivity index (χ3v) is 8.04. The van der Waals surface area contributed by atoms with Gasteiger partial charge in [0.25, 0.3) is 11.5 Å². The Kier molecular flexibility index (Phi) is 7.47. The summed E-state index contributed by atoms with van der Waals surface area (Å²) in [5.74, 6) is 0.629. The molecule has 10 nitrogen and oxygen atoms in total. The Balaban J connectivity index is 1.39. The van der Waals surface area contributed by atoms with Gasteiger partial charge in [0.2, 0.25) is 0 Å². The summed E-state index contributed by atoms with van der Waals surface area (Å²) < 4.78 is 7.85. The van der Waals surface area contributed by atoms with Crippen molar-refractivity contribution in [1.82, 2.24) is 30.0 Å². The molecule has 5 aromatic rings. The number of nitrogens with zero attached hydrogens (tertiary/aromatic N) is 5. The average Bonchev–Trinajstić information content (AvgIpc) is 3.39. The van der Waals surface area contributed by atoms with Crippen LogP contribution in [0.25, 0.3) is 32.9 Å². The van der Waals surface area contributed by atoms with Crippen LogP contribution in [0.15, 0.2) is 53.7 Å². The molecule has 2 atom stereocenters. The Morgan fingerprint density at radius 3 is 2.53 bits per heavy atom. The maximum Gasteiger partial charge on any atom is 0.253 e. The fourth-order valence-corrected chi connectivity index (χ4v) is 6.10. The number of aromatic nitrogens is 5. The number of aryl methyl sites for hydroxylation is 2. The summed E-state index contributed by atoms with van der Waals surface area (Å²) in [6, 6.07) is 12.1. The normalized spacial score (nSPS) is 17.2. The van der Waals surface area contributed by atoms with Gasteiger partial charge in [-0.2, -0.15) is 5.10 Å². The van der Waals surface area contributed by atoms with E-state index in [1.165, 1.54) is 0 Å². The SMILES string of the molecule is Cc1cc(C)c(CNC(=O)c2cc(-c3ccc4c(N5C[C@@H](C)O[C@@H](C)C5)ncnc4c3)cc3c2cnn3C(C)C)c(=O)[nH]1. The summed E-state index contributed by atoms with van der Waals surface area (Å²) in [5.41, 5.74) is 5.97. The van der Waals surface area contributed by atoms with Crippen molar-refractivity contribution in [2.75, 3.05) is 18.0 Å². The lowest BCUT2D eigenvalue weighted by atomic mass is 9.98. The van der Waals surface area contributed by atoms with Crippen molar-refractivity contribution in [3.05, 3.63) is 81.7 Å². The number of morpholine rings is 1. The predicted octanol–water partition coefficient (Wildman–Crippen LogP) is 5.08. The molecule has 1 amide bonds. The number of benzene rings is 2. The molecule has 2 aromatic carbocycles. The molecule has 0 saturated carbocycles. The number of anilines is 1. The molecule has 222 valence electrons. The van der Waals surface area contributed by atoms with Crippen molar-refractivity contribution in [2.24, 2.45) is 0 Å². The maximum absolute atomic E-state index is 13.7. The van der Waals surface area contributed by atoms with Crippen molar-refractivity contribution in [1.29, 1.82) is 0 Å². The number of fused-ring (bicyclic) bond motifs is 2. The van der Waals surface area contributed by atoms with Gasteiger partial charge in [0.15, 0.2) is 0 Å². The molecule has 3 aromatic heterocycles. The lowest BCUT2D eigenvalue weighted by molar-refractivity contribution is -0.00537. The molecular formula is C33H37N7O3. The van der Waals surface area contributed by atoms with Crippen LogP contribution in [0.3, 0.4) is 0 Å². The van der Waals surface area contributed by atoms with Crippen LogP contribution >= 0.6 is 0 Å². The zero-order valence-corrected chi connectivity index (χ0v) is 25.4. The minimum Gasteiger partial charge on any atom is -0.372 e. The summed E-state index contributed by atoms with van der Waals surface area (Å²) in [4.78, 5) is 40.6. The number of amides is 1. The summed E-state index contributed by atoms with van der Waals surface area (Å²) in [5, 5.41) is 9.30. The number of carbonyl (C=O) groups is 1. The maximum atomic E-state index is 13.7. The number of nitrogens with one attached hydrogen (secondary N) is 2. The number of pyridine rings is 1. The molecule has 0 spiro atoms. The van der Waals surface area contributed by atoms with Crippen LogP contribution in [0, 0.1) is 13.8 Å². The van der Waals surface area contributed by atoms with Crippen molar-refractivity contribution >= 4 is 33.5 Å². The van der Waals surface area contributed by atoms with E-state index in [-0.39, 0.29) is 36.3 Å². The second kappa shape index (κ2) is 11.3. The van der Waals surface area contributed by atoms with E-state index in [1.54, 1.807) is 12.5 Å². The van der Waals surface area contributed by atoms with Crippen molar-refractivity contribution in [3.63, 3.8) is 0 Å². The fourth-order valence-electron chi connectivity index (χ4n) is 6.10. The Morgan fingerprint density at radius 2 is 1.81 bits per heavy atom. The number of hydrogen-bond donors (Lipinski definition) is 2. The molecule has 0 unspecified atom stereocenters. The second-order valence-corrected chi connectivity index (χ2v) is 11.9. The van der Waals surface area contributed by atoms with Crippen LogP contribution in [0.5, 0.6) is 0 Å². The molecule has 1 fully saturated rings. The first-order valence-corrected chi connectivity index (χ1v) is 14.7. The van der Waals surface area contributed by atoms with Crippen molar-refractivity contribution in [2.45, 2.75) is 66.3 Å². The first kappa shape index (κ1) is 28.5. The highest BCUT2D eigenvalue weighted by molar-refractivity contribution is 6.08. The molecule has 1 saturated heterocycles. The topological polar surface area (TPSA) is 118 Å². The molecule has 2 N–H and O–H groups in total. The van der Waals surface area contributed by atoms with Gasteiger partial charge in [-0.15, -0.1) is 0 Å². The van der Waals surface area contributed by atoms with E-state index < -0.39 is 0 Å². The second-order valence-electron chi connectivity index (χ2n) is 11.9. The number of carbonyl (C=O) groups excluding carboxylic acids is 1. The van der Waals surface area contributed by atoms with Crippen molar-refractivity contribution in [3.8, 4) is 11.1 Å². The Hall–Kier alpha value is -4.57. The van der Waals surface area contributed by atoms with Gasteiger partial charge in [-0.25, -0.2) is 9.97 Å². The molecule has 0 radical (unpaired) electrons. The van der Waals surface area contributed by atoms with Gasteiger partial charge < -0.3 is 19.9 Å². The molecule has 1 aliphatic rings. The van der Waals surface area contributed by atoms with Gasteiger partial charge in [-0.1, -0.05) is 6.07 Å². The van der Waals surface area contributed by atoms with Gasteiger partial charge in [0.05, 0.1) is 35.0 Å². The zero-order valence-electron chi connectivity index (χ0n) is 25.4. The summed E-state index contributed by atoms with van der Waals surface area (Å²) in [7, 11) is 0. The van der Waals surface area contributed by atoms with E-state index >= 15 is 0 Å². The smallest absolute Gasteiger partial charge is 0.253 e. The van der Waals surface area contributed by atoms with Crippen LogP contribution in [0.4, 0.5) is 5.82 Å². The number of ether oxygens (including phenoxy) is 1. The van der Waals surface area contributed by atoms with Crippen molar-refractivity contribution < 1.29 is 9.53 Å². The third kappa shape index (κ3) is 5.50. The minimum absolute atomic E-state index is 0.0997. The monoisotopic (exact) mass is 579 g/mol. The molecular weight excluding hydrogens is 542 g/mol. The number of hydrogen-bond acceptors (Lipinski definition) is 7. The molecule has 6 rings (SSSR count). The number of rotatable bonds is 6. The molecule has 0 bridgehead atoms. The molecule has 43 heavy (non-hydrogen) atoms. The number of aromatic amines is 1. The van der Waals surface area contributed by atoms with Gasteiger partial charge in [-0.3, -0.25) is 14.3 Å². The summed E-state index contributed by atoms with van der Waals surface area (Å²) in [6.45, 7) is 13.7. The Morgan fingerprint density at radius 1 is 1.05 bits per heavy atom. The highest BCUT2D eigenvalue weighted by atomic mass is 16.5. The van der Waals surface area contributed by atoms with Gasteiger partial charge in [0.1, 0.15) is 12.1 Å². The lowest BCUT2D eigenvalue weighted by Crippen LogP contribution is -2.45. The van der Waals surface area contributed by atoms with E-state index in [4.69, 9.17) is 4.74 Å². The van der Waals surface area contributed by atoms with E-state index in [1.807, 2.05) is 36.7 Å². The van der Waals surface area contributed by atoms with Crippen LogP contribution in [-0.2, 0) is 11.3 Å². The first-order valence-electron chi connectivity index (χ1n) is 14.7. The van der Waals surface area contributed by atoms with Crippen LogP contribution in [0.1, 0.15) is 60.9 Å². The number of H-pyrrole nitrogens is 1. The molecule has 0 aliphatic carbocycles. The molecule has 4 heterocycles. The lowest BCUT2D eigenvalue weighted by Gasteiger charge is -2.36. The van der Waals surface area contributed by atoms with Gasteiger partial charge in [0, 0.05) is 47.7 Å². The molecule has 10 heteroatoms. The highest BCUT2D eigenvalue weighted by Gasteiger charge is 2.25. The summed E-state index contributed by atoms with van der Waals surface area (Å²) in [6.07, 6.45) is 3.57. The highest BCUT2D eigenvalue weighted by Crippen LogP contribution is 2.33. The van der Waals surface area contributed by atoms with Gasteiger partial charge >= 0.3 is 0 Å². The average molecular weight is 580 g/mol. The summed E-state index contributed by atoms with van der Waals surface area (Å²) >= 11 is 0. The molecule has 1 aliphatic heterocycles.